The number of ether oxygens (including phenoxy) is 2. The van der Waals surface area contributed by atoms with Gasteiger partial charge in [-0.1, -0.05) is 65.1 Å². The number of aliphatic carboxylic acids is 1. The maximum absolute atomic E-state index is 13.0. The van der Waals surface area contributed by atoms with Crippen molar-refractivity contribution in [3.05, 3.63) is 118 Å². The van der Waals surface area contributed by atoms with Gasteiger partial charge in [-0.15, -0.1) is 0 Å². The summed E-state index contributed by atoms with van der Waals surface area (Å²) in [5, 5.41) is 21.2. The fourth-order valence-corrected chi connectivity index (χ4v) is 5.41. The predicted molar refractivity (Wildman–Crippen MR) is 164 cm³/mol. The van der Waals surface area contributed by atoms with Crippen LogP contribution in [0.3, 0.4) is 0 Å². The third kappa shape index (κ3) is 9.12. The van der Waals surface area contributed by atoms with Crippen LogP contribution in [0.2, 0.25) is 0 Å². The summed E-state index contributed by atoms with van der Waals surface area (Å²) in [6, 6.07) is 20.1. The summed E-state index contributed by atoms with van der Waals surface area (Å²) in [4.78, 5) is 39.9. The van der Waals surface area contributed by atoms with E-state index in [0.717, 1.165) is 20.6 Å². The first-order valence-corrected chi connectivity index (χ1v) is 15.4. The zero-order valence-corrected chi connectivity index (χ0v) is 25.8. The summed E-state index contributed by atoms with van der Waals surface area (Å²) in [6.45, 7) is 1.23. The lowest BCUT2D eigenvalue weighted by atomic mass is 10.1. The summed E-state index contributed by atoms with van der Waals surface area (Å²) < 4.78 is 43.7. The topological polar surface area (TPSA) is 180 Å². The molecule has 0 saturated carbocycles. The largest absolute Gasteiger partial charge is 0.491 e. The minimum Gasteiger partial charge on any atom is -0.491 e. The van der Waals surface area contributed by atoms with Gasteiger partial charge in [0.05, 0.1) is 4.90 Å². The molecule has 242 valence electrons. The summed E-state index contributed by atoms with van der Waals surface area (Å²) in [7, 11) is -2.92. The normalized spacial score (nSPS) is 12.6. The number of carbonyl (C=O) groups excluding carboxylic acids is 1. The van der Waals surface area contributed by atoms with E-state index in [2.05, 4.69) is 4.98 Å². The van der Waals surface area contributed by atoms with Gasteiger partial charge in [-0.3, -0.25) is 9.08 Å². The Bertz CT molecular complexity index is 1740. The molecule has 1 heterocycles. The Morgan fingerprint density at radius 2 is 1.70 bits per heavy atom. The lowest BCUT2D eigenvalue weighted by Gasteiger charge is -2.24. The highest BCUT2D eigenvalue weighted by Gasteiger charge is 2.29. The average molecular weight is 653 g/mol. The molecular formula is C31H32N4O10S. The van der Waals surface area contributed by atoms with Gasteiger partial charge in [0.1, 0.15) is 50.0 Å². The Balaban J connectivity index is 1.42. The number of hydrogen-bond donors (Lipinski definition) is 1. The van der Waals surface area contributed by atoms with Crippen molar-refractivity contribution < 1.29 is 41.7 Å². The van der Waals surface area contributed by atoms with Crippen molar-refractivity contribution in [2.75, 3.05) is 13.7 Å². The van der Waals surface area contributed by atoms with E-state index in [-0.39, 0.29) is 31.1 Å². The van der Waals surface area contributed by atoms with Crippen LogP contribution in [-0.2, 0) is 43.4 Å². The highest BCUT2D eigenvalue weighted by Crippen LogP contribution is 2.20. The van der Waals surface area contributed by atoms with Crippen LogP contribution in [0.4, 0.5) is 10.7 Å². The Labute approximate surface area is 265 Å². The number of carboxylic acids is 1. The van der Waals surface area contributed by atoms with Crippen LogP contribution in [0.25, 0.3) is 0 Å². The van der Waals surface area contributed by atoms with Crippen molar-refractivity contribution in [3.8, 4) is 5.75 Å². The number of hydrogen-bond acceptors (Lipinski definition) is 10. The molecule has 1 amide bonds. The van der Waals surface area contributed by atoms with Crippen LogP contribution < -0.4 is 4.74 Å². The van der Waals surface area contributed by atoms with Crippen molar-refractivity contribution in [2.45, 2.75) is 43.5 Å². The van der Waals surface area contributed by atoms with Crippen molar-refractivity contribution >= 4 is 28.1 Å². The molecule has 0 aliphatic carbocycles. The molecule has 0 radical (unpaired) electrons. The van der Waals surface area contributed by atoms with Crippen molar-refractivity contribution in [1.82, 2.24) is 14.5 Å². The van der Waals surface area contributed by atoms with Gasteiger partial charge in [-0.05, 0) is 47.2 Å². The summed E-state index contributed by atoms with van der Waals surface area (Å²) in [5.41, 5.74) is 2.18. The lowest BCUT2D eigenvalue weighted by Crippen LogP contribution is -2.44. The monoisotopic (exact) mass is 652 g/mol. The molecule has 0 spiro atoms. The number of aryl methyl sites for hydroxylation is 1. The first-order valence-electron chi connectivity index (χ1n) is 14.0. The van der Waals surface area contributed by atoms with E-state index in [1.807, 2.05) is 6.07 Å². The average Bonchev–Trinajstić information content (AvgIpc) is 3.50. The van der Waals surface area contributed by atoms with E-state index in [1.54, 1.807) is 67.6 Å². The van der Waals surface area contributed by atoms with Crippen LogP contribution in [0.1, 0.15) is 16.7 Å². The third-order valence-electron chi connectivity index (χ3n) is 6.86. The molecule has 1 N–H and O–H groups in total. The first-order chi connectivity index (χ1) is 21.9. The van der Waals surface area contributed by atoms with Crippen molar-refractivity contribution in [3.63, 3.8) is 0 Å². The highest BCUT2D eigenvalue weighted by atomic mass is 32.2. The minimum absolute atomic E-state index is 0.00634. The van der Waals surface area contributed by atoms with Crippen LogP contribution in [0.15, 0.2) is 96.2 Å². The summed E-state index contributed by atoms with van der Waals surface area (Å²) in [6.07, 6.45) is 0.535. The zero-order valence-electron chi connectivity index (χ0n) is 25.0. The molecule has 2 atom stereocenters. The van der Waals surface area contributed by atoms with E-state index in [1.165, 1.54) is 31.6 Å². The second-order valence-corrected chi connectivity index (χ2v) is 11.9. The minimum atomic E-state index is -4.26. The summed E-state index contributed by atoms with van der Waals surface area (Å²) in [5.74, 6) is -1.41. The van der Waals surface area contributed by atoms with Gasteiger partial charge in [-0.25, -0.2) is 14.2 Å². The Kier molecular flexibility index (Phi) is 11.1. The van der Waals surface area contributed by atoms with E-state index in [0.29, 0.717) is 11.3 Å². The molecular weight excluding hydrogens is 620 g/mol. The molecule has 0 bridgehead atoms. The molecule has 1 aromatic heterocycles. The number of imidazole rings is 1. The SMILES string of the molecule is Cc1ccc(S(=O)(=O)OC(COc2ccc(C[C@@H](C(=O)O)N(C)C(=O)OCc3ccccc3)cc2)Cn2ccnc2[N+](=O)[O-])cc1. The van der Waals surface area contributed by atoms with Crippen molar-refractivity contribution in [2.24, 2.45) is 0 Å². The fourth-order valence-electron chi connectivity index (χ4n) is 4.36. The molecule has 0 aliphatic rings. The number of nitrogens with zero attached hydrogens (tertiary/aromatic N) is 4. The molecule has 0 aliphatic heterocycles. The second kappa shape index (κ2) is 15.1. The van der Waals surface area contributed by atoms with Gasteiger partial charge in [0, 0.05) is 13.5 Å². The van der Waals surface area contributed by atoms with E-state index < -0.39 is 45.2 Å². The molecule has 15 heteroatoms. The predicted octanol–water partition coefficient (Wildman–Crippen LogP) is 4.22. The quantitative estimate of drug-likeness (QED) is 0.110. The standard InChI is InChI=1S/C31H32N4O10S/c1-22-8-14-27(15-9-22)46(41,42)45-26(19-34-17-16-32-30(34)35(39)40)21-43-25-12-10-23(11-13-25)18-28(29(36)37)33(2)31(38)44-20-24-6-4-3-5-7-24/h3-17,26,28H,18-21H2,1-2H3,(H,36,37)/t26?,28-/m0/s1. The number of carbonyl (C=O) groups is 2. The van der Waals surface area contributed by atoms with Gasteiger partial charge in [0.25, 0.3) is 10.1 Å². The Morgan fingerprint density at radius 1 is 1.02 bits per heavy atom. The van der Waals surface area contributed by atoms with Gasteiger partial charge < -0.3 is 24.7 Å². The van der Waals surface area contributed by atoms with Crippen molar-refractivity contribution in [1.29, 1.82) is 0 Å². The number of benzene rings is 3. The van der Waals surface area contributed by atoms with Crippen LogP contribution in [0.5, 0.6) is 5.75 Å². The fraction of sp³-hybridized carbons (Fsp3) is 0.258. The summed E-state index contributed by atoms with van der Waals surface area (Å²) >= 11 is 0. The van der Waals surface area contributed by atoms with Gasteiger partial charge in [0.15, 0.2) is 0 Å². The maximum atomic E-state index is 13.0. The molecule has 14 nitrogen and oxygen atoms in total. The van der Waals surface area contributed by atoms with Gasteiger partial charge in [-0.2, -0.15) is 8.42 Å². The third-order valence-corrected chi connectivity index (χ3v) is 8.24. The van der Waals surface area contributed by atoms with Gasteiger partial charge >= 0.3 is 18.0 Å². The second-order valence-electron chi connectivity index (χ2n) is 10.3. The molecule has 4 aromatic rings. The number of likely N-dealkylation sites (N-methyl/N-ethyl adjacent to an activating group) is 1. The first kappa shape index (κ1) is 33.6. The maximum Gasteiger partial charge on any atom is 0.434 e. The molecule has 4 rings (SSSR count). The van der Waals surface area contributed by atoms with E-state index >= 15 is 0 Å². The Morgan fingerprint density at radius 3 is 2.33 bits per heavy atom. The van der Waals surface area contributed by atoms with Gasteiger partial charge in [0.2, 0.25) is 0 Å². The molecule has 0 saturated heterocycles. The van der Waals surface area contributed by atoms with Crippen LogP contribution in [0, 0.1) is 17.0 Å². The lowest BCUT2D eigenvalue weighted by molar-refractivity contribution is -0.397. The number of aromatic nitrogens is 2. The Hall–Kier alpha value is -5.28. The molecule has 1 unspecified atom stereocenters. The number of amides is 1. The van der Waals surface area contributed by atoms with Crippen LogP contribution in [-0.4, -0.2) is 70.8 Å². The zero-order chi connectivity index (χ0) is 33.3. The van der Waals surface area contributed by atoms with Crippen LogP contribution >= 0.6 is 0 Å². The number of carboxylic acid groups (broad SMARTS) is 1. The molecule has 0 fully saturated rings. The highest BCUT2D eigenvalue weighted by molar-refractivity contribution is 7.86. The molecule has 46 heavy (non-hydrogen) atoms. The van der Waals surface area contributed by atoms with E-state index in [9.17, 15) is 33.2 Å². The molecule has 3 aromatic carbocycles. The smallest absolute Gasteiger partial charge is 0.434 e. The number of rotatable bonds is 15. The number of nitro groups is 1. The van der Waals surface area contributed by atoms with E-state index in [4.69, 9.17) is 13.7 Å².